The molecule has 1 atom stereocenters. The van der Waals surface area contributed by atoms with E-state index in [1.54, 1.807) is 0 Å². The van der Waals surface area contributed by atoms with Gasteiger partial charge >= 0.3 is 0 Å². The summed E-state index contributed by atoms with van der Waals surface area (Å²) in [5.41, 5.74) is 0. The van der Waals surface area contributed by atoms with Crippen molar-refractivity contribution in [1.29, 1.82) is 0 Å². The van der Waals surface area contributed by atoms with E-state index in [2.05, 4.69) is 28.1 Å². The summed E-state index contributed by atoms with van der Waals surface area (Å²) in [6.45, 7) is 0. The molecule has 0 spiro atoms. The molecule has 0 heterocycles. The van der Waals surface area contributed by atoms with E-state index in [1.165, 1.54) is 32.1 Å². The highest BCUT2D eigenvalue weighted by atomic mass is 79.9. The first kappa shape index (κ1) is 7.33. The molecule has 0 saturated heterocycles. The van der Waals surface area contributed by atoms with Crippen molar-refractivity contribution in [3.05, 3.63) is 12.2 Å². The first-order valence-corrected chi connectivity index (χ1v) is 4.62. The van der Waals surface area contributed by atoms with Crippen molar-refractivity contribution in [3.63, 3.8) is 0 Å². The quantitative estimate of drug-likeness (QED) is 0.405. The molecule has 0 radical (unpaired) electrons. The molecule has 1 heteroatoms. The minimum Gasteiger partial charge on any atom is -0.0874 e. The van der Waals surface area contributed by atoms with Crippen LogP contribution in [0.1, 0.15) is 32.1 Å². The van der Waals surface area contributed by atoms with E-state index in [0.717, 1.165) is 0 Å². The third-order valence-electron chi connectivity index (χ3n) is 1.70. The van der Waals surface area contributed by atoms with Gasteiger partial charge in [-0.1, -0.05) is 40.9 Å². The third kappa shape index (κ3) is 3.04. The first-order valence-electron chi connectivity index (χ1n) is 3.70. The van der Waals surface area contributed by atoms with Crippen LogP contribution in [0, 0.1) is 0 Å². The second-order valence-corrected chi connectivity index (χ2v) is 3.76. The van der Waals surface area contributed by atoms with Crippen molar-refractivity contribution in [1.82, 2.24) is 0 Å². The van der Waals surface area contributed by atoms with Crippen molar-refractivity contribution in [3.8, 4) is 0 Å². The molecule has 1 aliphatic rings. The summed E-state index contributed by atoms with van der Waals surface area (Å²) in [6, 6.07) is 0. The van der Waals surface area contributed by atoms with Gasteiger partial charge in [-0.05, 0) is 19.3 Å². The fourth-order valence-corrected chi connectivity index (χ4v) is 1.66. The van der Waals surface area contributed by atoms with Crippen LogP contribution in [0.3, 0.4) is 0 Å². The Morgan fingerprint density at radius 3 is 3.00 bits per heavy atom. The van der Waals surface area contributed by atoms with Crippen LogP contribution in [0.15, 0.2) is 12.2 Å². The zero-order chi connectivity index (χ0) is 6.53. The van der Waals surface area contributed by atoms with Gasteiger partial charge in [-0.3, -0.25) is 0 Å². The Morgan fingerprint density at radius 2 is 2.11 bits per heavy atom. The van der Waals surface area contributed by atoms with Crippen LogP contribution in [0.2, 0.25) is 0 Å². The lowest BCUT2D eigenvalue weighted by Gasteiger charge is -2.06. The lowest BCUT2D eigenvalue weighted by molar-refractivity contribution is 0.646. The van der Waals surface area contributed by atoms with E-state index < -0.39 is 0 Å². The molecular weight excluding hydrogens is 176 g/mol. The second-order valence-electron chi connectivity index (χ2n) is 2.58. The van der Waals surface area contributed by atoms with E-state index in [1.807, 2.05) is 0 Å². The van der Waals surface area contributed by atoms with Crippen LogP contribution in [0.4, 0.5) is 0 Å². The molecule has 0 aliphatic heterocycles. The van der Waals surface area contributed by atoms with Crippen molar-refractivity contribution in [2.24, 2.45) is 0 Å². The van der Waals surface area contributed by atoms with Crippen LogP contribution in [0.5, 0.6) is 0 Å². The number of rotatable bonds is 0. The van der Waals surface area contributed by atoms with Crippen LogP contribution < -0.4 is 0 Å². The number of hydrogen-bond donors (Lipinski definition) is 0. The Kier molecular flexibility index (Phi) is 3.34. The van der Waals surface area contributed by atoms with Gasteiger partial charge in [0.1, 0.15) is 0 Å². The summed E-state index contributed by atoms with van der Waals surface area (Å²) in [6.07, 6.45) is 11.3. The second kappa shape index (κ2) is 4.10. The van der Waals surface area contributed by atoms with Gasteiger partial charge in [-0.2, -0.15) is 0 Å². The van der Waals surface area contributed by atoms with Crippen molar-refractivity contribution in [2.45, 2.75) is 36.9 Å². The fourth-order valence-electron chi connectivity index (χ4n) is 1.12. The summed E-state index contributed by atoms with van der Waals surface area (Å²) < 4.78 is 0. The predicted molar refractivity (Wildman–Crippen MR) is 44.9 cm³/mol. The van der Waals surface area contributed by atoms with Crippen molar-refractivity contribution < 1.29 is 0 Å². The molecule has 0 bridgehead atoms. The molecule has 0 saturated carbocycles. The fraction of sp³-hybridized carbons (Fsp3) is 0.750. The van der Waals surface area contributed by atoms with Gasteiger partial charge in [0.15, 0.2) is 0 Å². The molecule has 0 amide bonds. The van der Waals surface area contributed by atoms with Crippen molar-refractivity contribution in [2.75, 3.05) is 0 Å². The van der Waals surface area contributed by atoms with Gasteiger partial charge in [0.2, 0.25) is 0 Å². The van der Waals surface area contributed by atoms with Crippen LogP contribution >= 0.6 is 15.9 Å². The van der Waals surface area contributed by atoms with Crippen LogP contribution in [-0.2, 0) is 0 Å². The Labute approximate surface area is 65.5 Å². The summed E-state index contributed by atoms with van der Waals surface area (Å²) in [7, 11) is 0. The molecule has 1 aliphatic carbocycles. The summed E-state index contributed by atoms with van der Waals surface area (Å²) in [5, 5.41) is 0. The number of halogens is 1. The molecule has 0 nitrogen and oxygen atoms in total. The summed E-state index contributed by atoms with van der Waals surface area (Å²) in [5.74, 6) is 0. The van der Waals surface area contributed by atoms with Gasteiger partial charge in [-0.25, -0.2) is 0 Å². The summed E-state index contributed by atoms with van der Waals surface area (Å²) in [4.78, 5) is 0.651. The monoisotopic (exact) mass is 188 g/mol. The smallest absolute Gasteiger partial charge is 0.0325 e. The first-order chi connectivity index (χ1) is 4.39. The van der Waals surface area contributed by atoms with Gasteiger partial charge in [0.05, 0.1) is 0 Å². The van der Waals surface area contributed by atoms with E-state index in [-0.39, 0.29) is 0 Å². The molecule has 52 valence electrons. The Balaban J connectivity index is 2.30. The number of hydrogen-bond acceptors (Lipinski definition) is 0. The third-order valence-corrected chi connectivity index (χ3v) is 2.46. The Bertz CT molecular complexity index is 96.7. The zero-order valence-corrected chi connectivity index (χ0v) is 7.23. The average molecular weight is 189 g/mol. The molecular formula is C8H13Br. The van der Waals surface area contributed by atoms with E-state index in [4.69, 9.17) is 0 Å². The Hall–Kier alpha value is 0.220. The van der Waals surface area contributed by atoms with Gasteiger partial charge in [0.25, 0.3) is 0 Å². The highest BCUT2D eigenvalue weighted by Gasteiger charge is 2.00. The molecule has 9 heavy (non-hydrogen) atoms. The highest BCUT2D eigenvalue weighted by molar-refractivity contribution is 9.09. The van der Waals surface area contributed by atoms with Crippen LogP contribution in [0.25, 0.3) is 0 Å². The maximum Gasteiger partial charge on any atom is 0.0325 e. The van der Waals surface area contributed by atoms with Crippen molar-refractivity contribution >= 4 is 15.9 Å². The van der Waals surface area contributed by atoms with Gasteiger partial charge in [0, 0.05) is 4.83 Å². The highest BCUT2D eigenvalue weighted by Crippen LogP contribution is 2.16. The zero-order valence-electron chi connectivity index (χ0n) is 5.65. The molecule has 1 unspecified atom stereocenters. The average Bonchev–Trinajstić information content (AvgIpc) is 1.79. The maximum atomic E-state index is 3.59. The minimum atomic E-state index is 0.651. The number of allylic oxidation sites excluding steroid dienone is 2. The number of alkyl halides is 1. The minimum absolute atomic E-state index is 0.651. The van der Waals surface area contributed by atoms with E-state index in [0.29, 0.717) is 4.83 Å². The molecule has 1 rings (SSSR count). The standard InChI is InChI=1S/C8H13Br/c9-8-6-4-2-1-3-5-7-8/h4,6,8H,1-3,5,7H2/b6-4-. The normalized spacial score (nSPS) is 32.8. The van der Waals surface area contributed by atoms with Crippen LogP contribution in [-0.4, -0.2) is 4.83 Å². The maximum absolute atomic E-state index is 3.59. The topological polar surface area (TPSA) is 0 Å². The molecule has 0 aromatic carbocycles. The summed E-state index contributed by atoms with van der Waals surface area (Å²) >= 11 is 3.59. The molecule has 0 aromatic heterocycles. The molecule has 0 N–H and O–H groups in total. The SMILES string of the molecule is BrC1/C=C\CCCCC1. The van der Waals surface area contributed by atoms with Gasteiger partial charge < -0.3 is 0 Å². The predicted octanol–water partition coefficient (Wildman–Crippen LogP) is 3.27. The molecule has 0 aromatic rings. The Morgan fingerprint density at radius 1 is 1.22 bits per heavy atom. The lowest BCUT2D eigenvalue weighted by atomic mass is 10.1. The van der Waals surface area contributed by atoms with Gasteiger partial charge in [-0.15, -0.1) is 0 Å². The largest absolute Gasteiger partial charge is 0.0874 e. The molecule has 0 fully saturated rings. The lowest BCUT2D eigenvalue weighted by Crippen LogP contribution is -1.94. The van der Waals surface area contributed by atoms with E-state index in [9.17, 15) is 0 Å². The van der Waals surface area contributed by atoms with E-state index >= 15 is 0 Å².